The molecule has 146 valence electrons. The van der Waals surface area contributed by atoms with Gasteiger partial charge in [-0.2, -0.15) is 4.31 Å². The summed E-state index contributed by atoms with van der Waals surface area (Å²) in [7, 11) is -3.38. The lowest BCUT2D eigenvalue weighted by Crippen LogP contribution is -2.31. The van der Waals surface area contributed by atoms with E-state index in [1.165, 1.54) is 0 Å². The quantitative estimate of drug-likeness (QED) is 0.822. The highest BCUT2D eigenvalue weighted by atomic mass is 32.2. The normalized spacial score (nSPS) is 16.1. The van der Waals surface area contributed by atoms with Crippen molar-refractivity contribution < 1.29 is 8.42 Å². The minimum Gasteiger partial charge on any atom is -0.354 e. The van der Waals surface area contributed by atoms with E-state index in [0.29, 0.717) is 30.5 Å². The van der Waals surface area contributed by atoms with E-state index >= 15 is 0 Å². The zero-order chi connectivity index (χ0) is 19.3. The third-order valence-electron chi connectivity index (χ3n) is 4.81. The van der Waals surface area contributed by atoms with Gasteiger partial charge in [-0.1, -0.05) is 25.0 Å². The average molecular weight is 389 g/mol. The van der Waals surface area contributed by atoms with Crippen molar-refractivity contribution >= 4 is 16.0 Å². The summed E-state index contributed by atoms with van der Waals surface area (Å²) in [5, 5.41) is 3.23. The number of nitrogens with zero attached hydrogens (tertiary/aromatic N) is 3. The Morgan fingerprint density at radius 2 is 1.56 bits per heavy atom. The van der Waals surface area contributed by atoms with Gasteiger partial charge in [0, 0.05) is 31.0 Å². The molecule has 27 heavy (non-hydrogen) atoms. The second kappa shape index (κ2) is 8.80. The molecule has 0 radical (unpaired) electrons. The molecule has 0 unspecified atom stereocenters. The number of sulfonamides is 1. The lowest BCUT2D eigenvalue weighted by atomic mass is 10.1. The van der Waals surface area contributed by atoms with Crippen LogP contribution in [0.2, 0.25) is 0 Å². The van der Waals surface area contributed by atoms with Gasteiger partial charge in [0.2, 0.25) is 16.0 Å². The van der Waals surface area contributed by atoms with Crippen LogP contribution in [-0.2, 0) is 16.4 Å². The van der Waals surface area contributed by atoms with Crippen LogP contribution in [0.15, 0.2) is 35.2 Å². The molecule has 2 heterocycles. The predicted molar refractivity (Wildman–Crippen MR) is 107 cm³/mol. The molecule has 0 atom stereocenters. The van der Waals surface area contributed by atoms with Gasteiger partial charge in [-0.25, -0.2) is 18.4 Å². The highest BCUT2D eigenvalue weighted by Crippen LogP contribution is 2.20. The highest BCUT2D eigenvalue weighted by Gasteiger charge is 2.24. The van der Waals surface area contributed by atoms with Crippen molar-refractivity contribution in [1.82, 2.24) is 14.3 Å². The van der Waals surface area contributed by atoms with Crippen molar-refractivity contribution in [2.75, 3.05) is 25.0 Å². The van der Waals surface area contributed by atoms with E-state index in [-0.39, 0.29) is 0 Å². The van der Waals surface area contributed by atoms with E-state index in [2.05, 4.69) is 15.3 Å². The van der Waals surface area contributed by atoms with E-state index < -0.39 is 10.0 Å². The molecule has 1 aliphatic heterocycles. The molecule has 1 fully saturated rings. The fourth-order valence-corrected chi connectivity index (χ4v) is 4.90. The number of benzene rings is 1. The monoisotopic (exact) mass is 388 g/mol. The van der Waals surface area contributed by atoms with Crippen LogP contribution in [0.5, 0.6) is 0 Å². The van der Waals surface area contributed by atoms with Crippen molar-refractivity contribution in [1.29, 1.82) is 0 Å². The van der Waals surface area contributed by atoms with Crippen molar-refractivity contribution in [3.63, 3.8) is 0 Å². The lowest BCUT2D eigenvalue weighted by molar-refractivity contribution is 0.423. The average Bonchev–Trinajstić information content (AvgIpc) is 2.91. The molecule has 0 aliphatic carbocycles. The van der Waals surface area contributed by atoms with E-state index in [1.54, 1.807) is 16.4 Å². The number of rotatable bonds is 6. The fraction of sp³-hybridized carbons (Fsp3) is 0.500. The molecule has 1 saturated heterocycles. The van der Waals surface area contributed by atoms with Gasteiger partial charge < -0.3 is 5.32 Å². The first-order valence-electron chi connectivity index (χ1n) is 9.60. The SMILES string of the molecule is Cc1cc(C)nc(NCCc2ccc(S(=O)(=O)N3CCCCCC3)cc2)n1. The minimum absolute atomic E-state index is 0.388. The summed E-state index contributed by atoms with van der Waals surface area (Å²) in [5.74, 6) is 0.632. The number of aromatic nitrogens is 2. The molecule has 1 aromatic heterocycles. The molecule has 0 spiro atoms. The summed E-state index contributed by atoms with van der Waals surface area (Å²) in [6.07, 6.45) is 4.90. The molecule has 0 saturated carbocycles. The molecule has 2 aromatic rings. The first kappa shape index (κ1) is 19.8. The summed E-state index contributed by atoms with van der Waals surface area (Å²) in [4.78, 5) is 9.12. The first-order chi connectivity index (χ1) is 12.9. The van der Waals surface area contributed by atoms with Crippen LogP contribution >= 0.6 is 0 Å². The molecule has 1 aromatic carbocycles. The molecule has 1 N–H and O–H groups in total. The van der Waals surface area contributed by atoms with E-state index in [9.17, 15) is 8.42 Å². The van der Waals surface area contributed by atoms with Gasteiger partial charge in [-0.15, -0.1) is 0 Å². The minimum atomic E-state index is -3.38. The van der Waals surface area contributed by atoms with Gasteiger partial charge in [0.15, 0.2) is 0 Å². The fourth-order valence-electron chi connectivity index (χ4n) is 3.38. The van der Waals surface area contributed by atoms with Crippen molar-refractivity contribution in [2.45, 2.75) is 50.8 Å². The largest absolute Gasteiger partial charge is 0.354 e. The number of aryl methyl sites for hydroxylation is 2. The Kier molecular flexibility index (Phi) is 6.44. The number of hydrogen-bond donors (Lipinski definition) is 1. The van der Waals surface area contributed by atoms with E-state index in [4.69, 9.17) is 0 Å². The topological polar surface area (TPSA) is 75.2 Å². The third-order valence-corrected chi connectivity index (χ3v) is 6.72. The number of hydrogen-bond acceptors (Lipinski definition) is 5. The maximum Gasteiger partial charge on any atom is 0.243 e. The summed E-state index contributed by atoms with van der Waals surface area (Å²) in [6, 6.07) is 9.18. The van der Waals surface area contributed by atoms with Crippen LogP contribution in [0.1, 0.15) is 42.6 Å². The van der Waals surface area contributed by atoms with Crippen molar-refractivity contribution in [3.8, 4) is 0 Å². The van der Waals surface area contributed by atoms with Crippen LogP contribution in [0.25, 0.3) is 0 Å². The second-order valence-electron chi connectivity index (χ2n) is 7.11. The Bertz CT molecular complexity index is 838. The van der Waals surface area contributed by atoms with Gasteiger partial charge in [0.1, 0.15) is 0 Å². The van der Waals surface area contributed by atoms with E-state index in [1.807, 2.05) is 32.0 Å². The first-order valence-corrected chi connectivity index (χ1v) is 11.0. The van der Waals surface area contributed by atoms with Gasteiger partial charge in [0.05, 0.1) is 4.90 Å². The Hall–Kier alpha value is -1.99. The number of anilines is 1. The zero-order valence-corrected chi connectivity index (χ0v) is 16.9. The van der Waals surface area contributed by atoms with Gasteiger partial charge >= 0.3 is 0 Å². The van der Waals surface area contributed by atoms with Gasteiger partial charge in [-0.3, -0.25) is 0 Å². The van der Waals surface area contributed by atoms with Crippen LogP contribution in [0, 0.1) is 13.8 Å². The molecular formula is C20H28N4O2S. The van der Waals surface area contributed by atoms with Crippen molar-refractivity contribution in [3.05, 3.63) is 47.3 Å². The predicted octanol–water partition coefficient (Wildman–Crippen LogP) is 3.31. The van der Waals surface area contributed by atoms with Gasteiger partial charge in [0.25, 0.3) is 0 Å². The highest BCUT2D eigenvalue weighted by molar-refractivity contribution is 7.89. The molecular weight excluding hydrogens is 360 g/mol. The van der Waals surface area contributed by atoms with Crippen molar-refractivity contribution in [2.24, 2.45) is 0 Å². The lowest BCUT2D eigenvalue weighted by Gasteiger charge is -2.20. The Morgan fingerprint density at radius 3 is 2.15 bits per heavy atom. The molecule has 0 bridgehead atoms. The summed E-state index contributed by atoms with van der Waals surface area (Å²) in [6.45, 7) is 5.85. The third kappa shape index (κ3) is 5.26. The summed E-state index contributed by atoms with van der Waals surface area (Å²) >= 11 is 0. The van der Waals surface area contributed by atoms with Gasteiger partial charge in [-0.05, 0) is 56.9 Å². The standard InChI is InChI=1S/C20H28N4O2S/c1-16-15-17(2)23-20(22-16)21-12-11-18-7-9-19(10-8-18)27(25,26)24-13-5-3-4-6-14-24/h7-10,15H,3-6,11-14H2,1-2H3,(H,21,22,23). The molecule has 7 heteroatoms. The Labute approximate surface area is 162 Å². The van der Waals surface area contributed by atoms with Crippen LogP contribution < -0.4 is 5.32 Å². The number of nitrogens with one attached hydrogen (secondary N) is 1. The molecule has 1 aliphatic rings. The molecule has 0 amide bonds. The Morgan fingerprint density at radius 1 is 0.963 bits per heavy atom. The molecule has 3 rings (SSSR count). The summed E-state index contributed by atoms with van der Waals surface area (Å²) in [5.41, 5.74) is 2.96. The van der Waals surface area contributed by atoms with Crippen LogP contribution in [-0.4, -0.2) is 42.3 Å². The van der Waals surface area contributed by atoms with Crippen LogP contribution in [0.3, 0.4) is 0 Å². The Balaban J connectivity index is 1.59. The zero-order valence-electron chi connectivity index (χ0n) is 16.1. The summed E-state index contributed by atoms with van der Waals surface area (Å²) < 4.78 is 27.3. The maximum absolute atomic E-state index is 12.8. The van der Waals surface area contributed by atoms with Crippen LogP contribution in [0.4, 0.5) is 5.95 Å². The smallest absolute Gasteiger partial charge is 0.243 e. The second-order valence-corrected chi connectivity index (χ2v) is 9.05. The molecule has 6 nitrogen and oxygen atoms in total. The maximum atomic E-state index is 12.8. The van der Waals surface area contributed by atoms with E-state index in [0.717, 1.165) is 49.1 Å².